The zero-order valence-electron chi connectivity index (χ0n) is 7.45. The lowest BCUT2D eigenvalue weighted by atomic mass is 10.3. The van der Waals surface area contributed by atoms with Crippen LogP contribution in [-0.2, 0) is 0 Å². The van der Waals surface area contributed by atoms with Gasteiger partial charge in [-0.3, -0.25) is 10.1 Å². The van der Waals surface area contributed by atoms with Gasteiger partial charge in [-0.15, -0.1) is 0 Å². The minimum Gasteiger partial charge on any atom is -0.393 e. The summed E-state index contributed by atoms with van der Waals surface area (Å²) in [5.74, 6) is 0. The number of anilines is 1. The van der Waals surface area contributed by atoms with E-state index in [0.29, 0.717) is 0 Å². The van der Waals surface area contributed by atoms with E-state index in [1.165, 1.54) is 12.1 Å². The van der Waals surface area contributed by atoms with Gasteiger partial charge in [0.05, 0.1) is 4.92 Å². The van der Waals surface area contributed by atoms with Crippen molar-refractivity contribution in [2.24, 2.45) is 0 Å². The monoisotopic (exact) mass is 246 g/mol. The van der Waals surface area contributed by atoms with E-state index in [9.17, 15) is 10.1 Å². The van der Waals surface area contributed by atoms with E-state index in [2.05, 4.69) is 15.9 Å². The molecule has 5 heteroatoms. The Morgan fingerprint density at radius 2 is 2.00 bits per heavy atom. The Kier molecular flexibility index (Phi) is 5.06. The van der Waals surface area contributed by atoms with Crippen LogP contribution in [0.3, 0.4) is 0 Å². The molecule has 0 saturated carbocycles. The van der Waals surface area contributed by atoms with Crippen LogP contribution in [0.1, 0.15) is 13.8 Å². The van der Waals surface area contributed by atoms with Gasteiger partial charge >= 0.3 is 0 Å². The molecule has 0 aliphatic rings. The van der Waals surface area contributed by atoms with Crippen LogP contribution in [0.2, 0.25) is 0 Å². The van der Waals surface area contributed by atoms with Crippen LogP contribution in [0.4, 0.5) is 11.4 Å². The molecule has 0 radical (unpaired) electrons. The fourth-order valence-electron chi connectivity index (χ4n) is 0.692. The lowest BCUT2D eigenvalue weighted by Crippen LogP contribution is -1.94. The van der Waals surface area contributed by atoms with Gasteiger partial charge in [0.15, 0.2) is 0 Å². The van der Waals surface area contributed by atoms with Gasteiger partial charge in [-0.2, -0.15) is 0 Å². The summed E-state index contributed by atoms with van der Waals surface area (Å²) < 4.78 is 0.737. The Bertz CT molecular complexity index is 302. The summed E-state index contributed by atoms with van der Waals surface area (Å²) >= 11 is 3.14. The number of rotatable bonds is 1. The molecule has 0 unspecified atom stereocenters. The fraction of sp³-hybridized carbons (Fsp3) is 0.250. The molecule has 2 N–H and O–H groups in total. The second-order valence-electron chi connectivity index (χ2n) is 1.96. The molecular weight excluding hydrogens is 236 g/mol. The molecule has 1 rings (SSSR count). The van der Waals surface area contributed by atoms with Crippen LogP contribution in [0.5, 0.6) is 0 Å². The third-order valence-electron chi connectivity index (χ3n) is 1.19. The molecule has 0 spiro atoms. The number of nitrogen functional groups attached to an aromatic ring is 1. The smallest absolute Gasteiger partial charge is 0.292 e. The van der Waals surface area contributed by atoms with Crippen molar-refractivity contribution < 1.29 is 4.92 Å². The molecule has 0 aliphatic heterocycles. The molecule has 72 valence electrons. The molecule has 0 aliphatic carbocycles. The summed E-state index contributed by atoms with van der Waals surface area (Å²) in [6.07, 6.45) is 0. The minimum absolute atomic E-state index is 0.0619. The van der Waals surface area contributed by atoms with E-state index < -0.39 is 4.92 Å². The third-order valence-corrected chi connectivity index (χ3v) is 1.68. The molecule has 0 heterocycles. The van der Waals surface area contributed by atoms with Crippen molar-refractivity contribution >= 4 is 27.3 Å². The second kappa shape index (κ2) is 5.53. The highest BCUT2D eigenvalue weighted by atomic mass is 79.9. The van der Waals surface area contributed by atoms with Crippen molar-refractivity contribution in [3.05, 3.63) is 32.8 Å². The van der Waals surface area contributed by atoms with E-state index in [4.69, 9.17) is 5.73 Å². The molecular formula is C8H11BrN2O2. The van der Waals surface area contributed by atoms with Crippen LogP contribution < -0.4 is 5.73 Å². The summed E-state index contributed by atoms with van der Waals surface area (Å²) in [6.45, 7) is 4.00. The summed E-state index contributed by atoms with van der Waals surface area (Å²) in [5.41, 5.74) is 5.46. The van der Waals surface area contributed by atoms with Crippen LogP contribution in [-0.4, -0.2) is 4.92 Å². The largest absolute Gasteiger partial charge is 0.393 e. The van der Waals surface area contributed by atoms with Crippen molar-refractivity contribution in [1.82, 2.24) is 0 Å². The lowest BCUT2D eigenvalue weighted by molar-refractivity contribution is -0.383. The van der Waals surface area contributed by atoms with Crippen molar-refractivity contribution in [2.45, 2.75) is 13.8 Å². The maximum absolute atomic E-state index is 10.2. The molecule has 0 amide bonds. The molecule has 0 bridgehead atoms. The third kappa shape index (κ3) is 3.42. The highest BCUT2D eigenvalue weighted by Gasteiger charge is 2.09. The van der Waals surface area contributed by atoms with E-state index in [1.807, 2.05) is 13.8 Å². The van der Waals surface area contributed by atoms with E-state index in [1.54, 1.807) is 6.07 Å². The molecule has 0 fully saturated rings. The predicted molar refractivity (Wildman–Crippen MR) is 56.6 cm³/mol. The first kappa shape index (κ1) is 11.9. The Labute approximate surface area is 85.0 Å². The van der Waals surface area contributed by atoms with Gasteiger partial charge in [0.25, 0.3) is 5.69 Å². The first-order chi connectivity index (χ1) is 6.11. The number of hydrogen-bond acceptors (Lipinski definition) is 3. The Morgan fingerprint density at radius 3 is 2.38 bits per heavy atom. The van der Waals surface area contributed by atoms with E-state index in [-0.39, 0.29) is 11.4 Å². The van der Waals surface area contributed by atoms with Crippen molar-refractivity contribution in [2.75, 3.05) is 5.73 Å². The SMILES string of the molecule is CC.Nc1cc(Br)ccc1[N+](=O)[O-]. The average molecular weight is 247 g/mol. The van der Waals surface area contributed by atoms with Crippen LogP contribution in [0.15, 0.2) is 22.7 Å². The molecule has 1 aromatic rings. The van der Waals surface area contributed by atoms with Crippen LogP contribution >= 0.6 is 15.9 Å². The molecule has 4 nitrogen and oxygen atoms in total. The minimum atomic E-state index is -0.512. The Hall–Kier alpha value is -1.10. The average Bonchev–Trinajstić information content (AvgIpc) is 2.07. The maximum atomic E-state index is 10.2. The zero-order valence-corrected chi connectivity index (χ0v) is 9.04. The van der Waals surface area contributed by atoms with Gasteiger partial charge in [0, 0.05) is 10.5 Å². The van der Waals surface area contributed by atoms with Gasteiger partial charge in [-0.05, 0) is 12.1 Å². The Balaban J connectivity index is 0.000000671. The van der Waals surface area contributed by atoms with Gasteiger partial charge in [-0.25, -0.2) is 0 Å². The zero-order chi connectivity index (χ0) is 10.4. The number of nitrogens with two attached hydrogens (primary N) is 1. The maximum Gasteiger partial charge on any atom is 0.292 e. The first-order valence-corrected chi connectivity index (χ1v) is 4.60. The highest BCUT2D eigenvalue weighted by molar-refractivity contribution is 9.10. The normalized spacial score (nSPS) is 8.54. The number of halogens is 1. The van der Waals surface area contributed by atoms with Crippen molar-refractivity contribution in [3.63, 3.8) is 0 Å². The van der Waals surface area contributed by atoms with Crippen LogP contribution in [0.25, 0.3) is 0 Å². The van der Waals surface area contributed by atoms with E-state index in [0.717, 1.165) is 4.47 Å². The van der Waals surface area contributed by atoms with Gasteiger partial charge in [0.2, 0.25) is 0 Å². The van der Waals surface area contributed by atoms with Gasteiger partial charge in [0.1, 0.15) is 5.69 Å². The molecule has 1 aromatic carbocycles. The topological polar surface area (TPSA) is 69.2 Å². The molecule has 0 atom stereocenters. The second-order valence-corrected chi connectivity index (χ2v) is 2.88. The quantitative estimate of drug-likeness (QED) is 0.471. The van der Waals surface area contributed by atoms with E-state index >= 15 is 0 Å². The first-order valence-electron chi connectivity index (χ1n) is 3.80. The summed E-state index contributed by atoms with van der Waals surface area (Å²) in [6, 6.07) is 4.44. The molecule has 0 saturated heterocycles. The summed E-state index contributed by atoms with van der Waals surface area (Å²) in [7, 11) is 0. The number of nitro groups is 1. The fourth-order valence-corrected chi connectivity index (χ4v) is 1.07. The number of benzene rings is 1. The number of hydrogen-bond donors (Lipinski definition) is 1. The standard InChI is InChI=1S/C6H5BrN2O2.C2H6/c7-4-1-2-6(9(10)11)5(8)3-4;1-2/h1-3H,8H2;1-2H3. The Morgan fingerprint density at radius 1 is 1.46 bits per heavy atom. The molecule has 0 aromatic heterocycles. The predicted octanol–water partition coefficient (Wildman–Crippen LogP) is 2.97. The van der Waals surface area contributed by atoms with Crippen LogP contribution in [0, 0.1) is 10.1 Å². The summed E-state index contributed by atoms with van der Waals surface area (Å²) in [4.78, 5) is 9.73. The summed E-state index contributed by atoms with van der Waals surface area (Å²) in [5, 5.41) is 10.2. The highest BCUT2D eigenvalue weighted by Crippen LogP contribution is 2.24. The van der Waals surface area contributed by atoms with Crippen molar-refractivity contribution in [3.8, 4) is 0 Å². The van der Waals surface area contributed by atoms with Gasteiger partial charge in [-0.1, -0.05) is 29.8 Å². The van der Waals surface area contributed by atoms with Crippen molar-refractivity contribution in [1.29, 1.82) is 0 Å². The number of nitrogens with zero attached hydrogens (tertiary/aromatic N) is 1. The lowest BCUT2D eigenvalue weighted by Gasteiger charge is -1.95. The molecule has 13 heavy (non-hydrogen) atoms. The van der Waals surface area contributed by atoms with Gasteiger partial charge < -0.3 is 5.73 Å². The number of nitro benzene ring substituents is 1.